The highest BCUT2D eigenvalue weighted by Gasteiger charge is 2.53. The first-order valence-corrected chi connectivity index (χ1v) is 11.5. The molecule has 2 heterocycles. The molecule has 0 aromatic carbocycles. The number of likely N-dealkylation sites (N-methyl/N-ethyl adjacent to an activating group) is 1. The summed E-state index contributed by atoms with van der Waals surface area (Å²) in [4.78, 5) is 13.8. The molecule has 176 valence electrons. The number of guanidine groups is 1. The molecule has 0 spiro atoms. The van der Waals surface area contributed by atoms with Crippen LogP contribution < -0.4 is 15.5 Å². The molecular formula is C23H41IN6O. The third-order valence-electron chi connectivity index (χ3n) is 7.10. The zero-order chi connectivity index (χ0) is 21.6. The van der Waals surface area contributed by atoms with Crippen molar-refractivity contribution in [2.24, 2.45) is 10.4 Å². The van der Waals surface area contributed by atoms with Gasteiger partial charge in [0.15, 0.2) is 5.96 Å². The van der Waals surface area contributed by atoms with E-state index in [-0.39, 0.29) is 29.4 Å². The summed E-state index contributed by atoms with van der Waals surface area (Å²) in [5, 5.41) is 7.16. The van der Waals surface area contributed by atoms with Crippen LogP contribution in [-0.2, 0) is 11.3 Å². The number of piperazine rings is 1. The first-order chi connectivity index (χ1) is 14.6. The maximum atomic E-state index is 6.01. The average Bonchev–Trinajstić information content (AvgIpc) is 2.77. The lowest BCUT2D eigenvalue weighted by Crippen LogP contribution is -2.65. The van der Waals surface area contributed by atoms with Crippen LogP contribution in [0.3, 0.4) is 0 Å². The lowest BCUT2D eigenvalue weighted by molar-refractivity contribution is -0.133. The Morgan fingerprint density at radius 2 is 1.94 bits per heavy atom. The fraction of sp³-hybridized carbons (Fsp3) is 0.739. The molecule has 1 aliphatic carbocycles. The van der Waals surface area contributed by atoms with Gasteiger partial charge in [0, 0.05) is 64.0 Å². The molecule has 1 saturated carbocycles. The fourth-order valence-corrected chi connectivity index (χ4v) is 4.91. The molecule has 1 aromatic rings. The number of nitrogens with zero attached hydrogens (tertiary/aromatic N) is 4. The second-order valence-electron chi connectivity index (χ2n) is 8.56. The minimum Gasteiger partial charge on any atom is -0.378 e. The first-order valence-electron chi connectivity index (χ1n) is 11.5. The number of nitrogens with one attached hydrogen (secondary N) is 2. The smallest absolute Gasteiger partial charge is 0.191 e. The molecular weight excluding hydrogens is 503 g/mol. The number of aromatic nitrogens is 1. The maximum absolute atomic E-state index is 6.01. The zero-order valence-corrected chi connectivity index (χ0v) is 22.2. The van der Waals surface area contributed by atoms with Gasteiger partial charge in [0.2, 0.25) is 0 Å². The third kappa shape index (κ3) is 6.01. The lowest BCUT2D eigenvalue weighted by atomic mass is 9.58. The Morgan fingerprint density at radius 3 is 2.55 bits per heavy atom. The van der Waals surface area contributed by atoms with Crippen molar-refractivity contribution >= 4 is 35.8 Å². The lowest BCUT2D eigenvalue weighted by Gasteiger charge is -2.55. The Morgan fingerprint density at radius 1 is 1.23 bits per heavy atom. The summed E-state index contributed by atoms with van der Waals surface area (Å²) in [6.07, 6.45) is 5.53. The number of hydrogen-bond donors (Lipinski definition) is 2. The van der Waals surface area contributed by atoms with Crippen LogP contribution in [0.5, 0.6) is 0 Å². The van der Waals surface area contributed by atoms with Gasteiger partial charge in [-0.3, -0.25) is 4.99 Å². The van der Waals surface area contributed by atoms with Gasteiger partial charge in [-0.25, -0.2) is 4.98 Å². The molecule has 1 saturated heterocycles. The van der Waals surface area contributed by atoms with Gasteiger partial charge in [0.1, 0.15) is 5.82 Å². The Labute approximate surface area is 205 Å². The van der Waals surface area contributed by atoms with Gasteiger partial charge in [-0.2, -0.15) is 0 Å². The normalized spacial score (nSPS) is 23.6. The molecule has 0 radical (unpaired) electrons. The average molecular weight is 545 g/mol. The van der Waals surface area contributed by atoms with Gasteiger partial charge in [-0.1, -0.05) is 13.8 Å². The summed E-state index contributed by atoms with van der Waals surface area (Å²) in [6, 6.07) is 4.67. The van der Waals surface area contributed by atoms with Gasteiger partial charge in [-0.05, 0) is 50.9 Å². The van der Waals surface area contributed by atoms with Crippen LogP contribution in [0.4, 0.5) is 5.82 Å². The molecule has 31 heavy (non-hydrogen) atoms. The van der Waals surface area contributed by atoms with Gasteiger partial charge in [0.05, 0.1) is 6.10 Å². The van der Waals surface area contributed by atoms with Gasteiger partial charge in [0.25, 0.3) is 0 Å². The van der Waals surface area contributed by atoms with E-state index in [9.17, 15) is 0 Å². The molecule has 0 amide bonds. The van der Waals surface area contributed by atoms with Crippen LogP contribution in [0.1, 0.15) is 45.6 Å². The molecule has 3 rings (SSSR count). The van der Waals surface area contributed by atoms with Crippen molar-refractivity contribution in [3.63, 3.8) is 0 Å². The van der Waals surface area contributed by atoms with Crippen LogP contribution in [0, 0.1) is 5.41 Å². The Balaban J connectivity index is 0.00000341. The fourth-order valence-electron chi connectivity index (χ4n) is 4.91. The van der Waals surface area contributed by atoms with Crippen molar-refractivity contribution in [1.82, 2.24) is 20.5 Å². The minimum absolute atomic E-state index is 0. The van der Waals surface area contributed by atoms with Gasteiger partial charge in [-0.15, -0.1) is 24.0 Å². The van der Waals surface area contributed by atoms with Crippen molar-refractivity contribution in [3.8, 4) is 0 Å². The highest BCUT2D eigenvalue weighted by atomic mass is 127. The Kier molecular flexibility index (Phi) is 10.3. The minimum atomic E-state index is 0. The number of pyridine rings is 1. The van der Waals surface area contributed by atoms with Crippen LogP contribution in [-0.4, -0.2) is 74.9 Å². The highest BCUT2D eigenvalue weighted by Crippen LogP contribution is 2.48. The van der Waals surface area contributed by atoms with Gasteiger partial charge >= 0.3 is 0 Å². The number of aliphatic imine (C=N–C) groups is 1. The van der Waals surface area contributed by atoms with Crippen LogP contribution in [0.25, 0.3) is 0 Å². The maximum Gasteiger partial charge on any atom is 0.191 e. The van der Waals surface area contributed by atoms with E-state index in [1.807, 2.05) is 13.2 Å². The molecule has 0 bridgehead atoms. The quantitative estimate of drug-likeness (QED) is 0.298. The van der Waals surface area contributed by atoms with Crippen LogP contribution >= 0.6 is 24.0 Å². The molecule has 2 N–H and O–H groups in total. The summed E-state index contributed by atoms with van der Waals surface area (Å²) in [5.74, 6) is 1.93. The van der Waals surface area contributed by atoms with Crippen molar-refractivity contribution in [1.29, 1.82) is 0 Å². The van der Waals surface area contributed by atoms with E-state index in [1.54, 1.807) is 0 Å². The number of anilines is 1. The van der Waals surface area contributed by atoms with E-state index in [0.717, 1.165) is 70.4 Å². The number of ether oxygens (including phenoxy) is 1. The molecule has 2 fully saturated rings. The molecule has 2 atom stereocenters. The summed E-state index contributed by atoms with van der Waals surface area (Å²) < 4.78 is 6.01. The second-order valence-corrected chi connectivity index (χ2v) is 8.56. The molecule has 7 nitrogen and oxygen atoms in total. The largest absolute Gasteiger partial charge is 0.378 e. The van der Waals surface area contributed by atoms with Crippen molar-refractivity contribution in [2.75, 3.05) is 51.8 Å². The Hall–Kier alpha value is -1.13. The Bertz CT molecular complexity index is 703. The third-order valence-corrected chi connectivity index (χ3v) is 7.10. The monoisotopic (exact) mass is 544 g/mol. The van der Waals surface area contributed by atoms with Gasteiger partial charge < -0.3 is 25.2 Å². The molecule has 1 aliphatic heterocycles. The van der Waals surface area contributed by atoms with Crippen LogP contribution in [0.15, 0.2) is 23.3 Å². The molecule has 8 heteroatoms. The topological polar surface area (TPSA) is 65.0 Å². The highest BCUT2D eigenvalue weighted by molar-refractivity contribution is 14.0. The molecule has 1 aromatic heterocycles. The predicted octanol–water partition coefficient (Wildman–Crippen LogP) is 3.10. The molecule has 2 aliphatic rings. The zero-order valence-electron chi connectivity index (χ0n) is 19.9. The van der Waals surface area contributed by atoms with Crippen molar-refractivity contribution < 1.29 is 4.74 Å². The van der Waals surface area contributed by atoms with E-state index in [2.05, 4.69) is 70.4 Å². The number of halogens is 1. The van der Waals surface area contributed by atoms with E-state index < -0.39 is 0 Å². The number of rotatable bonds is 8. The first kappa shape index (κ1) is 26.1. The second kappa shape index (κ2) is 12.2. The van der Waals surface area contributed by atoms with Crippen molar-refractivity contribution in [3.05, 3.63) is 23.9 Å². The summed E-state index contributed by atoms with van der Waals surface area (Å²) in [6.45, 7) is 12.4. The van der Waals surface area contributed by atoms with E-state index in [4.69, 9.17) is 4.74 Å². The number of hydrogen-bond acceptors (Lipinski definition) is 5. The van der Waals surface area contributed by atoms with Crippen molar-refractivity contribution in [2.45, 2.75) is 58.7 Å². The molecule has 2 unspecified atom stereocenters. The predicted molar refractivity (Wildman–Crippen MR) is 140 cm³/mol. The summed E-state index contributed by atoms with van der Waals surface area (Å²) >= 11 is 0. The summed E-state index contributed by atoms with van der Waals surface area (Å²) in [5.41, 5.74) is 1.42. The van der Waals surface area contributed by atoms with E-state index >= 15 is 0 Å². The SMILES string of the molecule is CCOC1CC(NC(=NC)NCc2ccnc(N3CCN(C)CC3)c2)C1(CC)CC.I. The standard InChI is InChI=1S/C23H40N6O.HI/c1-6-23(7-2)19(16-20(23)30-8-3)27-22(24-4)26-17-18-9-10-25-21(15-18)29-13-11-28(5)12-14-29;/h9-10,15,19-20H,6-8,11-14,16-17H2,1-5H3,(H2,24,26,27);1H. The van der Waals surface area contributed by atoms with E-state index in [1.165, 1.54) is 5.56 Å². The van der Waals surface area contributed by atoms with Crippen LogP contribution in [0.2, 0.25) is 0 Å². The summed E-state index contributed by atoms with van der Waals surface area (Å²) in [7, 11) is 4.02. The van der Waals surface area contributed by atoms with E-state index in [0.29, 0.717) is 12.1 Å².